The summed E-state index contributed by atoms with van der Waals surface area (Å²) < 4.78 is 6.33. The average molecular weight is 390 g/mol. The Kier molecular flexibility index (Phi) is 5.61. The molecule has 0 saturated carbocycles. The van der Waals surface area contributed by atoms with Crippen molar-refractivity contribution in [1.29, 1.82) is 5.26 Å². The van der Waals surface area contributed by atoms with Crippen LogP contribution in [-0.4, -0.2) is 51.6 Å². The number of carbonyl (C=O) groups is 2. The number of benzene rings is 1. The van der Waals surface area contributed by atoms with Crippen LogP contribution in [0.3, 0.4) is 0 Å². The maximum atomic E-state index is 12.7. The van der Waals surface area contributed by atoms with Crippen LogP contribution in [0.4, 0.5) is 5.69 Å². The van der Waals surface area contributed by atoms with Crippen LogP contribution >= 0.6 is 24.0 Å². The normalized spacial score (nSPS) is 26.1. The summed E-state index contributed by atoms with van der Waals surface area (Å²) in [5.41, 5.74) is 0.970. The fourth-order valence-electron chi connectivity index (χ4n) is 3.18. The van der Waals surface area contributed by atoms with Gasteiger partial charge in [0.2, 0.25) is 11.8 Å². The second kappa shape index (κ2) is 7.74. The molecule has 0 radical (unpaired) electrons. The van der Waals surface area contributed by atoms with E-state index in [1.165, 1.54) is 16.7 Å². The van der Waals surface area contributed by atoms with Gasteiger partial charge < -0.3 is 9.64 Å². The van der Waals surface area contributed by atoms with Crippen LogP contribution < -0.4 is 4.90 Å². The largest absolute Gasteiger partial charge is 0.372 e. The number of morpholine rings is 1. The Morgan fingerprint density at radius 1 is 1.23 bits per heavy atom. The molecule has 136 valence electrons. The maximum Gasteiger partial charge on any atom is 0.247 e. The van der Waals surface area contributed by atoms with Crippen LogP contribution in [0, 0.1) is 11.3 Å². The Balaban J connectivity index is 1.68. The van der Waals surface area contributed by atoms with E-state index in [2.05, 4.69) is 0 Å². The zero-order valence-electron chi connectivity index (χ0n) is 14.5. The molecule has 2 saturated heterocycles. The molecular weight excluding hydrogens is 370 g/mol. The first-order chi connectivity index (χ1) is 12.4. The quantitative estimate of drug-likeness (QED) is 0.568. The molecule has 3 atom stereocenters. The molecule has 6 nitrogen and oxygen atoms in total. The van der Waals surface area contributed by atoms with E-state index in [0.29, 0.717) is 28.7 Å². The highest BCUT2D eigenvalue weighted by Crippen LogP contribution is 2.32. The standard InChI is InChI=1S/C18H19N3O3S2/c1-11-9-20(10-12(2)24-11)18(25)26-15-7-16(22)21(17(15)23)14-5-3-13(8-19)4-6-14/h3-6,11-12,15H,7,9-10H2,1-2H3/t11-,12+,15-/m1/s1. The number of amides is 2. The van der Waals surface area contributed by atoms with E-state index < -0.39 is 5.25 Å². The van der Waals surface area contributed by atoms with Gasteiger partial charge in [0, 0.05) is 19.5 Å². The van der Waals surface area contributed by atoms with Crippen LogP contribution in [0.5, 0.6) is 0 Å². The van der Waals surface area contributed by atoms with Crippen molar-refractivity contribution < 1.29 is 14.3 Å². The van der Waals surface area contributed by atoms with E-state index in [0.717, 1.165) is 0 Å². The van der Waals surface area contributed by atoms with E-state index in [-0.39, 0.29) is 30.4 Å². The van der Waals surface area contributed by atoms with Crippen molar-refractivity contribution >= 4 is 45.8 Å². The highest BCUT2D eigenvalue weighted by atomic mass is 32.2. The lowest BCUT2D eigenvalue weighted by Crippen LogP contribution is -2.47. The minimum atomic E-state index is -0.515. The zero-order valence-corrected chi connectivity index (χ0v) is 16.2. The highest BCUT2D eigenvalue weighted by molar-refractivity contribution is 8.23. The Hall–Kier alpha value is -1.95. The minimum Gasteiger partial charge on any atom is -0.372 e. The van der Waals surface area contributed by atoms with Gasteiger partial charge in [0.1, 0.15) is 9.57 Å². The monoisotopic (exact) mass is 389 g/mol. The van der Waals surface area contributed by atoms with Gasteiger partial charge in [-0.1, -0.05) is 24.0 Å². The number of imide groups is 1. The van der Waals surface area contributed by atoms with Crippen molar-refractivity contribution in [2.75, 3.05) is 18.0 Å². The van der Waals surface area contributed by atoms with Crippen molar-refractivity contribution in [3.05, 3.63) is 29.8 Å². The number of hydrogen-bond acceptors (Lipinski definition) is 6. The van der Waals surface area contributed by atoms with Gasteiger partial charge >= 0.3 is 0 Å². The van der Waals surface area contributed by atoms with E-state index >= 15 is 0 Å². The number of nitriles is 1. The van der Waals surface area contributed by atoms with Gasteiger partial charge in [0.25, 0.3) is 0 Å². The molecule has 0 unspecified atom stereocenters. The van der Waals surface area contributed by atoms with Crippen LogP contribution in [0.25, 0.3) is 0 Å². The molecule has 3 rings (SSSR count). The van der Waals surface area contributed by atoms with Gasteiger partial charge in [-0.25, -0.2) is 4.90 Å². The van der Waals surface area contributed by atoms with Gasteiger partial charge in [-0.3, -0.25) is 9.59 Å². The van der Waals surface area contributed by atoms with Crippen LogP contribution in [0.15, 0.2) is 24.3 Å². The lowest BCUT2D eigenvalue weighted by Gasteiger charge is -2.36. The molecule has 0 spiro atoms. The molecule has 0 aliphatic carbocycles. The summed E-state index contributed by atoms with van der Waals surface area (Å²) in [5.74, 6) is -0.509. The predicted octanol–water partition coefficient (Wildman–Crippen LogP) is 2.32. The third-order valence-electron chi connectivity index (χ3n) is 4.28. The van der Waals surface area contributed by atoms with Crippen molar-refractivity contribution in [3.63, 3.8) is 0 Å². The number of nitrogens with zero attached hydrogens (tertiary/aromatic N) is 3. The van der Waals surface area contributed by atoms with Gasteiger partial charge in [-0.2, -0.15) is 5.26 Å². The second-order valence-electron chi connectivity index (χ2n) is 6.46. The van der Waals surface area contributed by atoms with Crippen molar-refractivity contribution in [2.45, 2.75) is 37.7 Å². The average Bonchev–Trinajstić information content (AvgIpc) is 2.88. The van der Waals surface area contributed by atoms with E-state index in [9.17, 15) is 9.59 Å². The van der Waals surface area contributed by atoms with Crippen molar-refractivity contribution in [1.82, 2.24) is 4.90 Å². The molecule has 1 aromatic carbocycles. The molecule has 0 N–H and O–H groups in total. The summed E-state index contributed by atoms with van der Waals surface area (Å²) in [5, 5.41) is 8.36. The van der Waals surface area contributed by atoms with Crippen molar-refractivity contribution in [2.24, 2.45) is 0 Å². The third kappa shape index (κ3) is 3.90. The Bertz CT molecular complexity index is 765. The van der Waals surface area contributed by atoms with E-state index in [4.69, 9.17) is 22.2 Å². The van der Waals surface area contributed by atoms with E-state index in [1.807, 2.05) is 24.8 Å². The fraction of sp³-hybridized carbons (Fsp3) is 0.444. The number of thiocarbonyl (C=S) groups is 1. The molecule has 8 heteroatoms. The highest BCUT2D eigenvalue weighted by Gasteiger charge is 2.41. The molecule has 26 heavy (non-hydrogen) atoms. The summed E-state index contributed by atoms with van der Waals surface area (Å²) in [6, 6.07) is 8.44. The van der Waals surface area contributed by atoms with Gasteiger partial charge in [0.15, 0.2) is 0 Å². The molecule has 2 amide bonds. The Labute approximate surface area is 162 Å². The third-order valence-corrected chi connectivity index (χ3v) is 5.94. The zero-order chi connectivity index (χ0) is 18.8. The van der Waals surface area contributed by atoms with Crippen molar-refractivity contribution in [3.8, 4) is 6.07 Å². The van der Waals surface area contributed by atoms with Gasteiger partial charge in [-0.15, -0.1) is 0 Å². The summed E-state index contributed by atoms with van der Waals surface area (Å²) in [6.45, 7) is 5.36. The molecule has 2 aliphatic rings. The number of hydrogen-bond donors (Lipinski definition) is 0. The first kappa shape index (κ1) is 18.8. The number of carbonyl (C=O) groups excluding carboxylic acids is 2. The number of rotatable bonds is 2. The summed E-state index contributed by atoms with van der Waals surface area (Å²) >= 11 is 6.78. The topological polar surface area (TPSA) is 73.6 Å². The fourth-order valence-corrected chi connectivity index (χ4v) is 4.65. The molecule has 2 aliphatic heterocycles. The van der Waals surface area contributed by atoms with Crippen LogP contribution in [0.1, 0.15) is 25.8 Å². The Morgan fingerprint density at radius 3 is 2.42 bits per heavy atom. The summed E-state index contributed by atoms with van der Waals surface area (Å²) in [4.78, 5) is 28.3. The summed E-state index contributed by atoms with van der Waals surface area (Å²) in [7, 11) is 0. The number of anilines is 1. The first-order valence-corrected chi connectivity index (χ1v) is 9.66. The maximum absolute atomic E-state index is 12.7. The van der Waals surface area contributed by atoms with Gasteiger partial charge in [0.05, 0.1) is 29.5 Å². The first-order valence-electron chi connectivity index (χ1n) is 8.37. The Morgan fingerprint density at radius 2 is 1.85 bits per heavy atom. The molecular formula is C18H19N3O3S2. The SMILES string of the molecule is C[C@@H]1CN(C(=S)S[C@@H]2CC(=O)N(c3ccc(C#N)cc3)C2=O)C[C@H](C)O1. The molecule has 0 bridgehead atoms. The smallest absolute Gasteiger partial charge is 0.247 e. The minimum absolute atomic E-state index is 0.0772. The van der Waals surface area contributed by atoms with E-state index in [1.54, 1.807) is 24.3 Å². The lowest BCUT2D eigenvalue weighted by atomic mass is 10.2. The van der Waals surface area contributed by atoms with Gasteiger partial charge in [-0.05, 0) is 38.1 Å². The van der Waals surface area contributed by atoms with Crippen LogP contribution in [-0.2, 0) is 14.3 Å². The molecule has 0 aromatic heterocycles. The number of ether oxygens (including phenoxy) is 1. The molecule has 2 fully saturated rings. The van der Waals surface area contributed by atoms with Crippen LogP contribution in [0.2, 0.25) is 0 Å². The predicted molar refractivity (Wildman–Crippen MR) is 104 cm³/mol. The number of thioether (sulfide) groups is 1. The lowest BCUT2D eigenvalue weighted by molar-refractivity contribution is -0.121. The molecule has 1 aromatic rings. The second-order valence-corrected chi connectivity index (χ2v) is 8.30. The molecule has 2 heterocycles. The summed E-state index contributed by atoms with van der Waals surface area (Å²) in [6.07, 6.45) is 0.278.